The third kappa shape index (κ3) is 3.82. The molecule has 29 heavy (non-hydrogen) atoms. The van der Waals surface area contributed by atoms with Crippen LogP contribution in [-0.2, 0) is 17.6 Å². The van der Waals surface area contributed by atoms with E-state index < -0.39 is 37.1 Å². The van der Waals surface area contributed by atoms with Crippen molar-refractivity contribution in [1.29, 1.82) is 0 Å². The van der Waals surface area contributed by atoms with Crippen molar-refractivity contribution in [2.75, 3.05) is 13.7 Å². The van der Waals surface area contributed by atoms with Crippen LogP contribution < -0.4 is 4.74 Å². The maximum atomic E-state index is 10.5. The average Bonchev–Trinajstić information content (AvgIpc) is 3.14. The van der Waals surface area contributed by atoms with Crippen LogP contribution >= 0.6 is 0 Å². The summed E-state index contributed by atoms with van der Waals surface area (Å²) in [7, 11) is 1.53. The fourth-order valence-electron chi connectivity index (χ4n) is 4.20. The summed E-state index contributed by atoms with van der Waals surface area (Å²) in [5, 5.41) is 40.2. The molecule has 0 bridgehead atoms. The zero-order valence-electron chi connectivity index (χ0n) is 16.2. The fourth-order valence-corrected chi connectivity index (χ4v) is 4.20. The molecule has 0 spiro atoms. The van der Waals surface area contributed by atoms with Gasteiger partial charge in [0, 0.05) is 5.56 Å². The maximum absolute atomic E-state index is 10.5. The van der Waals surface area contributed by atoms with Crippen LogP contribution in [0.4, 0.5) is 0 Å². The van der Waals surface area contributed by atoms with Crippen LogP contribution in [0.3, 0.4) is 0 Å². The lowest BCUT2D eigenvalue weighted by Crippen LogP contribution is -2.55. The number of hydrogen-bond acceptors (Lipinski definition) is 6. The SMILES string of the molecule is COc1ccc(CC2=Cc3ccccc3C2)cc1C1OC(CO)[C@@H](O)[C@H](O)[C@H]1O. The molecule has 1 aliphatic carbocycles. The van der Waals surface area contributed by atoms with Gasteiger partial charge in [-0.3, -0.25) is 0 Å². The summed E-state index contributed by atoms with van der Waals surface area (Å²) in [6.45, 7) is -0.464. The van der Waals surface area contributed by atoms with E-state index in [4.69, 9.17) is 9.47 Å². The summed E-state index contributed by atoms with van der Waals surface area (Å²) in [6, 6.07) is 14.0. The monoisotopic (exact) mass is 398 g/mol. The Bertz CT molecular complexity index is 906. The van der Waals surface area contributed by atoms with Gasteiger partial charge in [-0.25, -0.2) is 0 Å². The second-order valence-electron chi connectivity index (χ2n) is 7.68. The molecule has 0 amide bonds. The second kappa shape index (κ2) is 8.26. The molecule has 0 radical (unpaired) electrons. The molecule has 1 aliphatic heterocycles. The van der Waals surface area contributed by atoms with E-state index in [0.717, 1.165) is 18.4 Å². The van der Waals surface area contributed by atoms with Crippen molar-refractivity contribution in [2.45, 2.75) is 43.4 Å². The summed E-state index contributed by atoms with van der Waals surface area (Å²) < 4.78 is 11.2. The van der Waals surface area contributed by atoms with Gasteiger partial charge in [-0.05, 0) is 41.7 Å². The quantitative estimate of drug-likeness (QED) is 0.608. The van der Waals surface area contributed by atoms with E-state index in [2.05, 4.69) is 18.2 Å². The number of fused-ring (bicyclic) bond motifs is 1. The topological polar surface area (TPSA) is 99.4 Å². The first-order chi connectivity index (χ1) is 14.0. The molecule has 5 atom stereocenters. The number of methoxy groups -OCH3 is 1. The van der Waals surface area contributed by atoms with Crippen molar-refractivity contribution in [1.82, 2.24) is 0 Å². The minimum atomic E-state index is -1.42. The van der Waals surface area contributed by atoms with E-state index in [1.165, 1.54) is 23.8 Å². The Morgan fingerprint density at radius 3 is 2.55 bits per heavy atom. The van der Waals surface area contributed by atoms with E-state index in [1.807, 2.05) is 30.3 Å². The van der Waals surface area contributed by atoms with Crippen LogP contribution in [0.1, 0.15) is 28.4 Å². The normalized spacial score (nSPS) is 28.7. The minimum Gasteiger partial charge on any atom is -0.496 e. The summed E-state index contributed by atoms with van der Waals surface area (Å²) in [5.41, 5.74) is 5.45. The van der Waals surface area contributed by atoms with Crippen LogP contribution in [0, 0.1) is 0 Å². The van der Waals surface area contributed by atoms with E-state index >= 15 is 0 Å². The van der Waals surface area contributed by atoms with E-state index in [0.29, 0.717) is 11.3 Å². The molecule has 154 valence electrons. The molecule has 6 nitrogen and oxygen atoms in total. The Morgan fingerprint density at radius 2 is 1.83 bits per heavy atom. The highest BCUT2D eigenvalue weighted by molar-refractivity contribution is 5.64. The van der Waals surface area contributed by atoms with Crippen molar-refractivity contribution >= 4 is 6.08 Å². The zero-order valence-corrected chi connectivity index (χ0v) is 16.2. The van der Waals surface area contributed by atoms with Crippen LogP contribution in [-0.4, -0.2) is 58.6 Å². The third-order valence-electron chi connectivity index (χ3n) is 5.76. The Hall–Kier alpha value is -2.22. The molecule has 1 fully saturated rings. The predicted molar refractivity (Wildman–Crippen MR) is 108 cm³/mol. The minimum absolute atomic E-state index is 0.464. The number of hydrogen-bond donors (Lipinski definition) is 4. The zero-order chi connectivity index (χ0) is 20.5. The predicted octanol–water partition coefficient (Wildman–Crippen LogP) is 1.39. The van der Waals surface area contributed by atoms with Crippen molar-refractivity contribution in [3.8, 4) is 5.75 Å². The highest BCUT2D eigenvalue weighted by Gasteiger charge is 2.44. The molecule has 2 aromatic carbocycles. The van der Waals surface area contributed by atoms with Crippen LogP contribution in [0.2, 0.25) is 0 Å². The molecule has 2 unspecified atom stereocenters. The van der Waals surface area contributed by atoms with Gasteiger partial charge >= 0.3 is 0 Å². The fraction of sp³-hybridized carbons (Fsp3) is 0.391. The van der Waals surface area contributed by atoms with Crippen LogP contribution in [0.15, 0.2) is 48.0 Å². The van der Waals surface area contributed by atoms with Gasteiger partial charge in [0.25, 0.3) is 0 Å². The van der Waals surface area contributed by atoms with Crippen molar-refractivity contribution < 1.29 is 29.9 Å². The van der Waals surface area contributed by atoms with Crippen LogP contribution in [0.25, 0.3) is 6.08 Å². The van der Waals surface area contributed by atoms with Crippen molar-refractivity contribution in [2.24, 2.45) is 0 Å². The molecule has 6 heteroatoms. The molecule has 2 aromatic rings. The van der Waals surface area contributed by atoms with Gasteiger partial charge in [-0.15, -0.1) is 0 Å². The number of ether oxygens (including phenoxy) is 2. The molecular formula is C23H26O6. The Kier molecular flexibility index (Phi) is 5.72. The Morgan fingerprint density at radius 1 is 1.03 bits per heavy atom. The lowest BCUT2D eigenvalue weighted by molar-refractivity contribution is -0.232. The molecule has 4 rings (SSSR count). The summed E-state index contributed by atoms with van der Waals surface area (Å²) in [6.07, 6.45) is -2.19. The largest absolute Gasteiger partial charge is 0.496 e. The lowest BCUT2D eigenvalue weighted by atomic mass is 9.89. The van der Waals surface area contributed by atoms with Gasteiger partial charge in [0.05, 0.1) is 13.7 Å². The molecule has 1 saturated heterocycles. The van der Waals surface area contributed by atoms with Crippen LogP contribution in [0.5, 0.6) is 5.75 Å². The van der Waals surface area contributed by atoms with Gasteiger partial charge in [0.1, 0.15) is 36.3 Å². The number of allylic oxidation sites excluding steroid dienone is 1. The molecule has 0 saturated carbocycles. The Balaban J connectivity index is 1.61. The van der Waals surface area contributed by atoms with Gasteiger partial charge in [0.2, 0.25) is 0 Å². The summed E-state index contributed by atoms with van der Waals surface area (Å²) in [4.78, 5) is 0. The van der Waals surface area contributed by atoms with E-state index in [1.54, 1.807) is 0 Å². The highest BCUT2D eigenvalue weighted by atomic mass is 16.5. The second-order valence-corrected chi connectivity index (χ2v) is 7.68. The number of rotatable bonds is 5. The number of benzene rings is 2. The summed E-state index contributed by atoms with van der Waals surface area (Å²) >= 11 is 0. The first kappa shape index (κ1) is 20.1. The van der Waals surface area contributed by atoms with Crippen molar-refractivity contribution in [3.63, 3.8) is 0 Å². The lowest BCUT2D eigenvalue weighted by Gasteiger charge is -2.40. The molecule has 4 N–H and O–H groups in total. The highest BCUT2D eigenvalue weighted by Crippen LogP contribution is 2.38. The maximum Gasteiger partial charge on any atom is 0.124 e. The van der Waals surface area contributed by atoms with Crippen molar-refractivity contribution in [3.05, 3.63) is 70.3 Å². The first-order valence-corrected chi connectivity index (χ1v) is 9.76. The molecule has 1 heterocycles. The van der Waals surface area contributed by atoms with Gasteiger partial charge < -0.3 is 29.9 Å². The smallest absolute Gasteiger partial charge is 0.124 e. The number of aliphatic hydroxyl groups excluding tert-OH is 4. The first-order valence-electron chi connectivity index (χ1n) is 9.76. The molecule has 2 aliphatic rings. The van der Waals surface area contributed by atoms with Gasteiger partial charge in [-0.1, -0.05) is 42.0 Å². The molecule has 0 aromatic heterocycles. The average molecular weight is 398 g/mol. The van der Waals surface area contributed by atoms with E-state index in [-0.39, 0.29) is 0 Å². The van der Waals surface area contributed by atoms with Gasteiger partial charge in [0.15, 0.2) is 0 Å². The molecular weight excluding hydrogens is 372 g/mol. The third-order valence-corrected chi connectivity index (χ3v) is 5.76. The van der Waals surface area contributed by atoms with E-state index in [9.17, 15) is 20.4 Å². The summed E-state index contributed by atoms with van der Waals surface area (Å²) in [5.74, 6) is 0.516. The standard InChI is InChI=1S/C23H26O6/c1-28-18-7-6-13(8-14-9-15-4-2-3-5-16(15)10-14)11-17(18)23-22(27)21(26)20(25)19(12-24)29-23/h2-7,9,11,19-27H,8,10,12H2,1H3/t19?,20-,21+,22-,23?/m1/s1. The Labute approximate surface area is 169 Å². The van der Waals surface area contributed by atoms with Gasteiger partial charge in [-0.2, -0.15) is 0 Å². The number of aliphatic hydroxyl groups is 4.